The summed E-state index contributed by atoms with van der Waals surface area (Å²) in [5.74, 6) is 1.00. The van der Waals surface area contributed by atoms with Gasteiger partial charge < -0.3 is 20.1 Å². The molecule has 0 spiro atoms. The summed E-state index contributed by atoms with van der Waals surface area (Å²) in [7, 11) is 5.75. The molecule has 0 saturated heterocycles. The number of halogens is 1. The van der Waals surface area contributed by atoms with Crippen LogP contribution in [0.3, 0.4) is 0 Å². The Morgan fingerprint density at radius 3 is 2.63 bits per heavy atom. The van der Waals surface area contributed by atoms with Crippen LogP contribution in [0.5, 0.6) is 11.5 Å². The number of Topliss-reactive ketones (excluding diaryl/α,β-unsaturated/α-hetero) is 1. The zero-order valence-corrected chi connectivity index (χ0v) is 21.7. The van der Waals surface area contributed by atoms with Crippen LogP contribution in [0.2, 0.25) is 5.02 Å². The molecule has 3 aromatic rings. The van der Waals surface area contributed by atoms with E-state index in [0.29, 0.717) is 23.8 Å². The van der Waals surface area contributed by atoms with Crippen molar-refractivity contribution in [1.29, 1.82) is 0 Å². The summed E-state index contributed by atoms with van der Waals surface area (Å²) >= 11 is 6.28. The van der Waals surface area contributed by atoms with E-state index in [0.717, 1.165) is 53.0 Å². The number of carbonyl (C=O) groups is 1. The molecule has 1 aliphatic rings. The number of hydrogen-bond donors (Lipinski definition) is 2. The molecule has 35 heavy (non-hydrogen) atoms. The van der Waals surface area contributed by atoms with Crippen LogP contribution in [0, 0.1) is 5.92 Å². The first-order valence-electron chi connectivity index (χ1n) is 12.2. The van der Waals surface area contributed by atoms with Gasteiger partial charge in [-0.15, -0.1) is 0 Å². The number of fused-ring (bicyclic) bond motifs is 1. The Labute approximate surface area is 212 Å². The van der Waals surface area contributed by atoms with Gasteiger partial charge in [-0.1, -0.05) is 36.7 Å². The average molecular weight is 496 g/mol. The van der Waals surface area contributed by atoms with Crippen LogP contribution in [-0.4, -0.2) is 54.6 Å². The van der Waals surface area contributed by atoms with E-state index < -0.39 is 0 Å². The lowest BCUT2D eigenvalue weighted by Crippen LogP contribution is -2.31. The van der Waals surface area contributed by atoms with E-state index in [1.54, 1.807) is 18.3 Å². The summed E-state index contributed by atoms with van der Waals surface area (Å²) in [6, 6.07) is 9.72. The lowest BCUT2D eigenvalue weighted by molar-refractivity contribution is 0.0988. The van der Waals surface area contributed by atoms with E-state index in [2.05, 4.69) is 24.3 Å². The van der Waals surface area contributed by atoms with Crippen molar-refractivity contribution < 1.29 is 14.6 Å². The number of phenols is 1. The summed E-state index contributed by atoms with van der Waals surface area (Å²) in [4.78, 5) is 19.8. The highest BCUT2D eigenvalue weighted by Gasteiger charge is 2.24. The maximum absolute atomic E-state index is 12.9. The molecule has 1 fully saturated rings. The van der Waals surface area contributed by atoms with Gasteiger partial charge in [0, 0.05) is 36.2 Å². The van der Waals surface area contributed by atoms with E-state index >= 15 is 0 Å². The van der Waals surface area contributed by atoms with Crippen molar-refractivity contribution in [1.82, 2.24) is 9.88 Å². The van der Waals surface area contributed by atoms with E-state index in [4.69, 9.17) is 21.3 Å². The fourth-order valence-electron chi connectivity index (χ4n) is 5.11. The minimum Gasteiger partial charge on any atom is -0.503 e. The van der Waals surface area contributed by atoms with Crippen molar-refractivity contribution in [2.24, 2.45) is 5.92 Å². The van der Waals surface area contributed by atoms with Gasteiger partial charge in [-0.25, -0.2) is 0 Å². The molecular weight excluding hydrogens is 462 g/mol. The monoisotopic (exact) mass is 495 g/mol. The van der Waals surface area contributed by atoms with E-state index in [1.165, 1.54) is 20.0 Å². The van der Waals surface area contributed by atoms with Crippen molar-refractivity contribution in [3.8, 4) is 22.6 Å². The maximum atomic E-state index is 12.9. The Balaban J connectivity index is 1.75. The number of nitrogens with one attached hydrogen (secondary N) is 1. The van der Waals surface area contributed by atoms with Gasteiger partial charge in [0.1, 0.15) is 0 Å². The Hall–Kier alpha value is -2.83. The number of para-hydroxylation sites is 1. The second-order valence-corrected chi connectivity index (χ2v) is 10.1. The number of ether oxygens (including phenoxy) is 1. The Morgan fingerprint density at radius 1 is 1.23 bits per heavy atom. The summed E-state index contributed by atoms with van der Waals surface area (Å²) in [5.41, 5.74) is 3.90. The van der Waals surface area contributed by atoms with Gasteiger partial charge in [0.2, 0.25) is 0 Å². The highest BCUT2D eigenvalue weighted by atomic mass is 35.5. The molecule has 7 heteroatoms. The molecule has 1 saturated carbocycles. The van der Waals surface area contributed by atoms with Crippen molar-refractivity contribution >= 4 is 34.0 Å². The number of carbonyl (C=O) groups excluding carboxylic acids is 1. The molecular formula is C28H34ClN3O3. The second-order valence-electron chi connectivity index (χ2n) is 9.66. The smallest absolute Gasteiger partial charge is 0.176 e. The topological polar surface area (TPSA) is 74.7 Å². The van der Waals surface area contributed by atoms with Gasteiger partial charge in [-0.3, -0.25) is 9.78 Å². The number of ketones is 1. The van der Waals surface area contributed by atoms with Gasteiger partial charge in [-0.05, 0) is 63.4 Å². The van der Waals surface area contributed by atoms with Gasteiger partial charge in [-0.2, -0.15) is 0 Å². The fourth-order valence-corrected chi connectivity index (χ4v) is 5.32. The van der Waals surface area contributed by atoms with Crippen molar-refractivity contribution in [3.05, 3.63) is 47.1 Å². The minimum atomic E-state index is -0.0887. The number of phenolic OH excluding ortho intramolecular Hbond substituents is 1. The molecule has 186 valence electrons. The lowest BCUT2D eigenvalue weighted by atomic mass is 9.85. The standard InChI is InChI=1S/C28H34ClN3O3/c1-5-24(33)22-15-30-26-20(18-13-23(29)28(34)25(14-18)35-4)7-6-8-21(26)27(22)31-19-11-9-17(10-12-19)16-32(2)3/h6-8,13-15,17,19,34H,5,9-12,16H2,1-4H3,(H,30,31). The Bertz CT molecular complexity index is 1220. The molecule has 0 amide bonds. The normalized spacial score (nSPS) is 18.1. The number of rotatable bonds is 8. The first-order chi connectivity index (χ1) is 16.8. The van der Waals surface area contributed by atoms with E-state index in [-0.39, 0.29) is 16.6 Å². The zero-order chi connectivity index (χ0) is 25.1. The van der Waals surface area contributed by atoms with Crippen LogP contribution in [0.25, 0.3) is 22.0 Å². The molecule has 0 unspecified atom stereocenters. The minimum absolute atomic E-state index is 0.0722. The van der Waals surface area contributed by atoms with Crippen LogP contribution in [0.4, 0.5) is 5.69 Å². The zero-order valence-electron chi connectivity index (χ0n) is 20.9. The second kappa shape index (κ2) is 10.8. The number of methoxy groups -OCH3 is 1. The first kappa shape index (κ1) is 25.3. The van der Waals surface area contributed by atoms with Crippen molar-refractivity contribution in [3.63, 3.8) is 0 Å². The van der Waals surface area contributed by atoms with Crippen molar-refractivity contribution in [2.45, 2.75) is 45.1 Å². The molecule has 0 radical (unpaired) electrons. The Kier molecular flexibility index (Phi) is 7.82. The number of pyridine rings is 1. The number of aromatic hydroxyl groups is 1. The Morgan fingerprint density at radius 2 is 1.97 bits per heavy atom. The summed E-state index contributed by atoms with van der Waals surface area (Å²) in [6.07, 6.45) is 6.61. The lowest BCUT2D eigenvalue weighted by Gasteiger charge is -2.32. The number of hydrogen-bond acceptors (Lipinski definition) is 6. The summed E-state index contributed by atoms with van der Waals surface area (Å²) < 4.78 is 5.31. The van der Waals surface area contributed by atoms with Gasteiger partial charge in [0.05, 0.1) is 28.9 Å². The van der Waals surface area contributed by atoms with Crippen LogP contribution in [0.1, 0.15) is 49.4 Å². The summed E-state index contributed by atoms with van der Waals surface area (Å²) in [5, 5.41) is 15.0. The van der Waals surface area contributed by atoms with Gasteiger partial charge in [0.25, 0.3) is 0 Å². The quantitative estimate of drug-likeness (QED) is 0.352. The fraction of sp³-hybridized carbons (Fsp3) is 0.429. The van der Waals surface area contributed by atoms with E-state index in [1.807, 2.05) is 25.1 Å². The number of aromatic nitrogens is 1. The molecule has 0 aliphatic heterocycles. The summed E-state index contributed by atoms with van der Waals surface area (Å²) in [6.45, 7) is 3.00. The molecule has 0 atom stereocenters. The molecule has 0 bridgehead atoms. The SMILES string of the molecule is CCC(=O)c1cnc2c(-c3cc(Cl)c(O)c(OC)c3)cccc2c1NC1CCC(CN(C)C)CC1. The van der Waals surface area contributed by atoms with Gasteiger partial charge in [0.15, 0.2) is 17.3 Å². The predicted octanol–water partition coefficient (Wildman–Crippen LogP) is 6.39. The van der Waals surface area contributed by atoms with Crippen LogP contribution >= 0.6 is 11.6 Å². The van der Waals surface area contributed by atoms with Crippen LogP contribution < -0.4 is 10.1 Å². The molecule has 1 aromatic heterocycles. The molecule has 6 nitrogen and oxygen atoms in total. The molecule has 1 heterocycles. The number of anilines is 1. The van der Waals surface area contributed by atoms with E-state index in [9.17, 15) is 9.90 Å². The first-order valence-corrected chi connectivity index (χ1v) is 12.6. The van der Waals surface area contributed by atoms with Crippen LogP contribution in [-0.2, 0) is 0 Å². The third-order valence-electron chi connectivity index (χ3n) is 6.90. The maximum Gasteiger partial charge on any atom is 0.176 e. The van der Waals surface area contributed by atoms with Crippen molar-refractivity contribution in [2.75, 3.05) is 33.1 Å². The third-order valence-corrected chi connectivity index (χ3v) is 7.19. The molecule has 2 aromatic carbocycles. The van der Waals surface area contributed by atoms with Gasteiger partial charge >= 0.3 is 0 Å². The number of benzene rings is 2. The highest BCUT2D eigenvalue weighted by Crippen LogP contribution is 2.41. The van der Waals surface area contributed by atoms with Crippen LogP contribution in [0.15, 0.2) is 36.5 Å². The average Bonchev–Trinajstić information content (AvgIpc) is 2.85. The molecule has 4 rings (SSSR count). The third kappa shape index (κ3) is 5.39. The predicted molar refractivity (Wildman–Crippen MR) is 143 cm³/mol. The molecule has 1 aliphatic carbocycles. The number of nitrogens with zero attached hydrogens (tertiary/aromatic N) is 2. The molecule has 2 N–H and O–H groups in total. The highest BCUT2D eigenvalue weighted by molar-refractivity contribution is 6.32. The largest absolute Gasteiger partial charge is 0.503 e.